The number of para-hydroxylation sites is 1. The van der Waals surface area contributed by atoms with Crippen molar-refractivity contribution in [2.75, 3.05) is 25.0 Å². The number of aliphatic imine (C=N–C) groups is 1. The second kappa shape index (κ2) is 7.67. The number of benzene rings is 1. The lowest BCUT2D eigenvalue weighted by Gasteiger charge is -2.12. The van der Waals surface area contributed by atoms with Gasteiger partial charge in [0.15, 0.2) is 0 Å². The Labute approximate surface area is 119 Å². The summed E-state index contributed by atoms with van der Waals surface area (Å²) in [5.74, 6) is 1.19. The minimum Gasteiger partial charge on any atom is -1.00 e. The van der Waals surface area contributed by atoms with Crippen LogP contribution >= 0.6 is 11.8 Å². The highest BCUT2D eigenvalue weighted by Crippen LogP contribution is 2.29. The van der Waals surface area contributed by atoms with Crippen LogP contribution in [-0.4, -0.2) is 30.7 Å². The number of amidine groups is 1. The average molecular weight is 286 g/mol. The fourth-order valence-corrected chi connectivity index (χ4v) is 2.72. The molecule has 100 valence electrons. The maximum atomic E-state index is 4.43. The van der Waals surface area contributed by atoms with Crippen LogP contribution in [0, 0.1) is 0 Å². The first kappa shape index (κ1) is 15.3. The van der Waals surface area contributed by atoms with Crippen molar-refractivity contribution in [2.24, 2.45) is 4.99 Å². The second-order valence-corrected chi connectivity index (χ2v) is 6.00. The maximum absolute atomic E-state index is 4.43. The van der Waals surface area contributed by atoms with E-state index in [1.165, 1.54) is 16.4 Å². The Morgan fingerprint density at radius 3 is 2.83 bits per heavy atom. The van der Waals surface area contributed by atoms with E-state index in [4.69, 9.17) is 0 Å². The molecule has 0 spiro atoms. The van der Waals surface area contributed by atoms with Crippen LogP contribution in [-0.2, 0) is 0 Å². The molecule has 0 bridgehead atoms. The standard InChI is InChI=1S/C13H19N3S.ClH/c1-10(2)17-12-6-4-3-5-11(12)16-9-13-14-7-8-15-13;/h3-6,10,16H,7-9H2,1-2H3,(H,14,15);1H. The van der Waals surface area contributed by atoms with Gasteiger partial charge in [0.1, 0.15) is 13.1 Å². The molecule has 0 atom stereocenters. The molecule has 2 rings (SSSR count). The third-order valence-electron chi connectivity index (χ3n) is 2.53. The summed E-state index contributed by atoms with van der Waals surface area (Å²) in [6, 6.07) is 8.48. The first-order valence-electron chi connectivity index (χ1n) is 6.12. The highest BCUT2D eigenvalue weighted by atomic mass is 35.5. The van der Waals surface area contributed by atoms with Gasteiger partial charge in [-0.1, -0.05) is 26.0 Å². The van der Waals surface area contributed by atoms with E-state index in [0.717, 1.165) is 19.6 Å². The van der Waals surface area contributed by atoms with Crippen molar-refractivity contribution in [3.63, 3.8) is 0 Å². The van der Waals surface area contributed by atoms with E-state index in [1.54, 1.807) is 0 Å². The van der Waals surface area contributed by atoms with Gasteiger partial charge < -0.3 is 17.7 Å². The lowest BCUT2D eigenvalue weighted by Crippen LogP contribution is -3.00. The molecule has 1 heterocycles. The SMILES string of the molecule is CC(C)Sc1ccccc1NCC1=NCC[NH2+]1.[Cl-]. The van der Waals surface area contributed by atoms with Gasteiger partial charge in [-0.15, -0.1) is 11.8 Å². The largest absolute Gasteiger partial charge is 1.00 e. The van der Waals surface area contributed by atoms with Crippen LogP contribution in [0.25, 0.3) is 0 Å². The van der Waals surface area contributed by atoms with E-state index in [-0.39, 0.29) is 12.4 Å². The summed E-state index contributed by atoms with van der Waals surface area (Å²) in [5, 5.41) is 6.30. The van der Waals surface area contributed by atoms with Gasteiger partial charge in [-0.3, -0.25) is 5.32 Å². The Hall–Kier alpha value is -0.710. The zero-order valence-electron chi connectivity index (χ0n) is 10.8. The van der Waals surface area contributed by atoms with Gasteiger partial charge in [-0.05, 0) is 12.1 Å². The van der Waals surface area contributed by atoms with Crippen LogP contribution in [0.1, 0.15) is 13.8 Å². The molecule has 1 aromatic rings. The van der Waals surface area contributed by atoms with Crippen LogP contribution in [0.2, 0.25) is 0 Å². The van der Waals surface area contributed by atoms with Crippen LogP contribution in [0.5, 0.6) is 0 Å². The summed E-state index contributed by atoms with van der Waals surface area (Å²) in [6.45, 7) is 7.33. The highest BCUT2D eigenvalue weighted by Gasteiger charge is 2.11. The lowest BCUT2D eigenvalue weighted by molar-refractivity contribution is -0.528. The summed E-state index contributed by atoms with van der Waals surface area (Å²) in [5.41, 5.74) is 1.22. The van der Waals surface area contributed by atoms with E-state index < -0.39 is 0 Å². The van der Waals surface area contributed by atoms with E-state index in [1.807, 2.05) is 11.8 Å². The number of hydrogen-bond donors (Lipinski definition) is 2. The van der Waals surface area contributed by atoms with Gasteiger partial charge in [0.2, 0.25) is 5.84 Å². The van der Waals surface area contributed by atoms with Gasteiger partial charge >= 0.3 is 0 Å². The first-order valence-corrected chi connectivity index (χ1v) is 7.00. The van der Waals surface area contributed by atoms with Crippen molar-refractivity contribution in [1.82, 2.24) is 0 Å². The number of nitrogens with one attached hydrogen (secondary N) is 1. The minimum absolute atomic E-state index is 0. The number of halogens is 1. The molecular formula is C13H20ClN3S. The molecule has 1 aromatic carbocycles. The zero-order valence-corrected chi connectivity index (χ0v) is 12.4. The molecule has 0 amide bonds. The van der Waals surface area contributed by atoms with Crippen LogP contribution in [0.3, 0.4) is 0 Å². The summed E-state index contributed by atoms with van der Waals surface area (Å²) in [4.78, 5) is 5.75. The number of nitrogens with zero attached hydrogens (tertiary/aromatic N) is 1. The molecule has 1 aliphatic heterocycles. The summed E-state index contributed by atoms with van der Waals surface area (Å²) in [6.07, 6.45) is 0. The van der Waals surface area contributed by atoms with Gasteiger partial charge in [-0.2, -0.15) is 0 Å². The van der Waals surface area contributed by atoms with Crippen molar-refractivity contribution >= 4 is 23.3 Å². The molecule has 5 heteroatoms. The van der Waals surface area contributed by atoms with Crippen molar-refractivity contribution < 1.29 is 17.7 Å². The fraction of sp³-hybridized carbons (Fsp3) is 0.462. The molecule has 3 N–H and O–H groups in total. The maximum Gasteiger partial charge on any atom is 0.214 e. The predicted molar refractivity (Wildman–Crippen MR) is 75.0 cm³/mol. The summed E-state index contributed by atoms with van der Waals surface area (Å²) < 4.78 is 0. The Balaban J connectivity index is 0.00000162. The molecule has 0 radical (unpaired) electrons. The van der Waals surface area contributed by atoms with Crippen LogP contribution < -0.4 is 23.0 Å². The van der Waals surface area contributed by atoms with Crippen molar-refractivity contribution in [2.45, 2.75) is 24.0 Å². The third kappa shape index (κ3) is 4.52. The van der Waals surface area contributed by atoms with Crippen LogP contribution in [0.15, 0.2) is 34.2 Å². The van der Waals surface area contributed by atoms with Gasteiger partial charge in [-0.25, -0.2) is 4.99 Å². The number of rotatable bonds is 5. The Kier molecular flexibility index (Phi) is 6.54. The fourth-order valence-electron chi connectivity index (χ4n) is 1.79. The average Bonchev–Trinajstić information content (AvgIpc) is 2.80. The smallest absolute Gasteiger partial charge is 0.214 e. The molecular weight excluding hydrogens is 266 g/mol. The van der Waals surface area contributed by atoms with Crippen molar-refractivity contribution in [3.05, 3.63) is 24.3 Å². The lowest BCUT2D eigenvalue weighted by atomic mass is 10.3. The summed E-state index contributed by atoms with van der Waals surface area (Å²) >= 11 is 1.89. The molecule has 0 saturated heterocycles. The normalized spacial score (nSPS) is 14.3. The highest BCUT2D eigenvalue weighted by molar-refractivity contribution is 8.00. The number of quaternary nitrogens is 1. The monoisotopic (exact) mass is 285 g/mol. The molecule has 0 fully saturated rings. The minimum atomic E-state index is 0. The second-order valence-electron chi connectivity index (χ2n) is 4.38. The van der Waals surface area contributed by atoms with Gasteiger partial charge in [0.05, 0.1) is 6.54 Å². The molecule has 0 unspecified atom stereocenters. The first-order chi connectivity index (χ1) is 8.25. The van der Waals surface area contributed by atoms with Crippen LogP contribution in [0.4, 0.5) is 5.69 Å². The van der Waals surface area contributed by atoms with Gasteiger partial charge in [0, 0.05) is 15.8 Å². The number of thioether (sulfide) groups is 1. The van der Waals surface area contributed by atoms with E-state index in [0.29, 0.717) is 5.25 Å². The number of nitrogens with two attached hydrogens (primary N) is 1. The Morgan fingerprint density at radius 2 is 2.17 bits per heavy atom. The van der Waals surface area contributed by atoms with E-state index in [2.05, 4.69) is 53.7 Å². The summed E-state index contributed by atoms with van der Waals surface area (Å²) in [7, 11) is 0. The predicted octanol–water partition coefficient (Wildman–Crippen LogP) is -1.42. The molecule has 3 nitrogen and oxygen atoms in total. The Morgan fingerprint density at radius 1 is 1.39 bits per heavy atom. The van der Waals surface area contributed by atoms with Crippen molar-refractivity contribution in [1.29, 1.82) is 0 Å². The third-order valence-corrected chi connectivity index (χ3v) is 3.61. The number of anilines is 1. The topological polar surface area (TPSA) is 41.0 Å². The van der Waals surface area contributed by atoms with E-state index in [9.17, 15) is 0 Å². The molecule has 0 saturated carbocycles. The quantitative estimate of drug-likeness (QED) is 0.652. The number of hydrogen-bond acceptors (Lipinski definition) is 3. The molecule has 0 aromatic heterocycles. The van der Waals surface area contributed by atoms with Crippen molar-refractivity contribution in [3.8, 4) is 0 Å². The van der Waals surface area contributed by atoms with Gasteiger partial charge in [0.25, 0.3) is 0 Å². The molecule has 0 aliphatic carbocycles. The molecule has 1 aliphatic rings. The molecule has 18 heavy (non-hydrogen) atoms. The zero-order chi connectivity index (χ0) is 12.1. The Bertz CT molecular complexity index is 407. The van der Waals surface area contributed by atoms with E-state index >= 15 is 0 Å².